The minimum absolute atomic E-state index is 0.00847. The Morgan fingerprint density at radius 2 is 1.24 bits per heavy atom. The van der Waals surface area contributed by atoms with Gasteiger partial charge in [0.05, 0.1) is 77.6 Å². The van der Waals surface area contributed by atoms with E-state index in [-0.39, 0.29) is 103 Å². The molecule has 4 unspecified atom stereocenters. The van der Waals surface area contributed by atoms with Crippen LogP contribution in [0.2, 0.25) is 0 Å². The van der Waals surface area contributed by atoms with Crippen LogP contribution >= 0.6 is 23.5 Å². The lowest BCUT2D eigenvalue weighted by atomic mass is 9.96. The van der Waals surface area contributed by atoms with Gasteiger partial charge in [-0.25, -0.2) is 26.8 Å². The Morgan fingerprint density at radius 1 is 0.746 bits per heavy atom. The number of terminal acetylenes is 1. The van der Waals surface area contributed by atoms with Gasteiger partial charge >= 0.3 is 23.5 Å². The van der Waals surface area contributed by atoms with Crippen LogP contribution < -0.4 is 5.32 Å². The molecule has 1 amide bonds. The number of nitrogens with one attached hydrogen (secondary N) is 1. The lowest BCUT2D eigenvalue weighted by Gasteiger charge is -2.28. The van der Waals surface area contributed by atoms with E-state index >= 15 is 0 Å². The van der Waals surface area contributed by atoms with E-state index in [1.807, 2.05) is 0 Å². The van der Waals surface area contributed by atoms with Gasteiger partial charge in [-0.2, -0.15) is 0 Å². The highest BCUT2D eigenvalue weighted by molar-refractivity contribution is 7.49. The van der Waals surface area contributed by atoms with Crippen molar-refractivity contribution in [3.63, 3.8) is 0 Å². The Morgan fingerprint density at radius 3 is 1.72 bits per heavy atom. The summed E-state index contributed by atoms with van der Waals surface area (Å²) in [6.45, 7) is 9.98. The van der Waals surface area contributed by atoms with Gasteiger partial charge in [-0.05, 0) is 19.3 Å². The van der Waals surface area contributed by atoms with Crippen LogP contribution in [0.5, 0.6) is 0 Å². The van der Waals surface area contributed by atoms with Crippen molar-refractivity contribution in [1.82, 2.24) is 5.32 Å². The van der Waals surface area contributed by atoms with E-state index in [9.17, 15) is 33.5 Å². The third-order valence-corrected chi connectivity index (χ3v) is 14.0. The first-order valence-electron chi connectivity index (χ1n) is 21.1. The molecule has 3 heterocycles. The van der Waals surface area contributed by atoms with Gasteiger partial charge in [0, 0.05) is 50.4 Å². The smallest absolute Gasteiger partial charge is 0.394 e. The van der Waals surface area contributed by atoms with Crippen molar-refractivity contribution in [3.8, 4) is 12.3 Å². The number of carbonyl (C=O) groups excluding carboxylic acids is 2. The predicted molar refractivity (Wildman–Crippen MR) is 234 cm³/mol. The Labute approximate surface area is 394 Å². The molecule has 0 aromatic heterocycles. The maximum atomic E-state index is 14.2. The van der Waals surface area contributed by atoms with Crippen molar-refractivity contribution in [2.24, 2.45) is 5.92 Å². The number of amides is 1. The molecule has 0 aromatic rings. The summed E-state index contributed by atoms with van der Waals surface area (Å²) in [6, 6.07) is -2.89. The predicted octanol–water partition coefficient (Wildman–Crippen LogP) is 1.01. The van der Waals surface area contributed by atoms with Crippen LogP contribution in [0.25, 0.3) is 9.69 Å². The number of phosphoric acid groups is 3. The minimum Gasteiger partial charge on any atom is -0.394 e. The van der Waals surface area contributed by atoms with E-state index in [0.29, 0.717) is 0 Å². The number of rotatable bonds is 36. The lowest BCUT2D eigenvalue weighted by molar-refractivity contribution is -0.122. The highest BCUT2D eigenvalue weighted by Gasteiger charge is 2.47. The second-order valence-electron chi connectivity index (χ2n) is 14.8. The summed E-state index contributed by atoms with van der Waals surface area (Å²) in [5.41, 5.74) is 0. The van der Waals surface area contributed by atoms with Gasteiger partial charge in [0.15, 0.2) is 0 Å². The molecule has 67 heavy (non-hydrogen) atoms. The summed E-state index contributed by atoms with van der Waals surface area (Å²) in [7, 11) is 5.53. The van der Waals surface area contributed by atoms with Gasteiger partial charge in [0.2, 0.25) is 19.0 Å². The first kappa shape index (κ1) is 59.2. The number of Topliss-reactive ketones (excluding diaryl/α,β-unsaturated/α-hetero) is 1. The second-order valence-corrected chi connectivity index (χ2v) is 19.7. The zero-order chi connectivity index (χ0) is 49.3. The fourth-order valence-electron chi connectivity index (χ4n) is 6.45. The molecule has 30 heteroatoms. The second kappa shape index (κ2) is 31.3. The minimum atomic E-state index is -4.71. The monoisotopic (exact) mass is 1010 g/mol. The van der Waals surface area contributed by atoms with E-state index in [2.05, 4.69) is 20.9 Å². The van der Waals surface area contributed by atoms with Crippen LogP contribution in [0.4, 0.5) is 0 Å². The number of phosphoric ester groups is 3. The molecule has 24 nitrogen and oxygen atoms in total. The molecule has 3 N–H and O–H groups in total. The largest absolute Gasteiger partial charge is 0.475 e. The van der Waals surface area contributed by atoms with Gasteiger partial charge in [0.25, 0.3) is 0 Å². The number of aliphatic hydroxyl groups excluding tert-OH is 2. The number of hydrogen-bond acceptors (Lipinski definition) is 21. The maximum Gasteiger partial charge on any atom is 0.475 e. The van der Waals surface area contributed by atoms with Crippen LogP contribution in [0.1, 0.15) is 38.5 Å². The molecule has 13 atom stereocenters. The molecule has 0 aliphatic carbocycles. The molecule has 3 aliphatic rings. The SMILES string of the molecule is [B][C@H]1C[C@@H](OP(=O)(OCC[N+]#[C-])OC[C@H]2O[C@@H]([B])C[C@H]2OP(=O)(OCC[N+]#[C-])OC[C@H]2O[C@@H]([B])C[C@H]2OP(=O)(OCCO)OCC(COC)CC(=O)CCNC(=O)CCOCC#C)[C@@H](CO)O1. The van der Waals surface area contributed by atoms with Crippen LogP contribution in [-0.4, -0.2) is 199 Å². The first-order valence-corrected chi connectivity index (χ1v) is 25.5. The van der Waals surface area contributed by atoms with Crippen molar-refractivity contribution in [2.75, 3.05) is 99.4 Å². The quantitative estimate of drug-likeness (QED) is 0.0260. The van der Waals surface area contributed by atoms with Crippen molar-refractivity contribution < 1.29 is 97.9 Å². The third kappa shape index (κ3) is 22.3. The molecular weight excluding hydrogens is 948 g/mol. The molecule has 0 aromatic carbocycles. The van der Waals surface area contributed by atoms with Gasteiger partial charge in [-0.3, -0.25) is 50.3 Å². The van der Waals surface area contributed by atoms with Gasteiger partial charge in [0.1, 0.15) is 67.5 Å². The van der Waals surface area contributed by atoms with Gasteiger partial charge in [-0.1, -0.05) is 5.92 Å². The van der Waals surface area contributed by atoms with Crippen molar-refractivity contribution in [3.05, 3.63) is 22.8 Å². The normalized spacial score (nSPS) is 28.0. The molecule has 0 spiro atoms. The number of carbonyl (C=O) groups is 2. The fourth-order valence-corrected chi connectivity index (χ4v) is 10.7. The zero-order valence-electron chi connectivity index (χ0n) is 37.1. The molecule has 0 bridgehead atoms. The Hall–Kier alpha value is -2.08. The highest BCUT2D eigenvalue weighted by atomic mass is 31.2. The molecule has 370 valence electrons. The van der Waals surface area contributed by atoms with Crippen molar-refractivity contribution >= 4 is 58.7 Å². The molecule has 3 rings (SSSR count). The summed E-state index contributed by atoms with van der Waals surface area (Å²) >= 11 is 0. The van der Waals surface area contributed by atoms with E-state index in [1.54, 1.807) is 0 Å². The Balaban J connectivity index is 1.68. The Bertz CT molecular complexity index is 1790. The van der Waals surface area contributed by atoms with Crippen LogP contribution in [-0.2, 0) is 87.7 Å². The van der Waals surface area contributed by atoms with Gasteiger partial charge in [-0.15, -0.1) is 6.42 Å². The number of hydrogen-bond donors (Lipinski definition) is 3. The van der Waals surface area contributed by atoms with Gasteiger partial charge < -0.3 is 48.9 Å². The lowest BCUT2D eigenvalue weighted by Crippen LogP contribution is -2.32. The van der Waals surface area contributed by atoms with E-state index in [4.69, 9.17) is 108 Å². The van der Waals surface area contributed by atoms with Crippen LogP contribution in [0.15, 0.2) is 0 Å². The van der Waals surface area contributed by atoms with Crippen LogP contribution in [0, 0.1) is 31.4 Å². The fraction of sp³-hybridized carbons (Fsp3) is 0.838. The molecular formula is C37H57B3N3O21P3. The summed E-state index contributed by atoms with van der Waals surface area (Å²) < 4.78 is 119. The average Bonchev–Trinajstić information content (AvgIpc) is 3.95. The van der Waals surface area contributed by atoms with E-state index < -0.39 is 124 Å². The molecule has 3 aliphatic heterocycles. The molecule has 6 radical (unpaired) electrons. The van der Waals surface area contributed by atoms with E-state index in [0.717, 1.165) is 0 Å². The average molecular weight is 1010 g/mol. The summed E-state index contributed by atoms with van der Waals surface area (Å²) in [5, 5.41) is 21.8. The number of methoxy groups -OCH3 is 1. The highest BCUT2D eigenvalue weighted by Crippen LogP contribution is 2.56. The Kier molecular flexibility index (Phi) is 27.7. The zero-order valence-corrected chi connectivity index (χ0v) is 39.8. The summed E-state index contributed by atoms with van der Waals surface area (Å²) in [5.74, 6) is 1.04. The summed E-state index contributed by atoms with van der Waals surface area (Å²) in [6.07, 6.45) is -2.01. The van der Waals surface area contributed by atoms with E-state index in [1.165, 1.54) is 7.11 Å². The maximum absolute atomic E-state index is 14.2. The molecule has 0 saturated carbocycles. The van der Waals surface area contributed by atoms with Crippen molar-refractivity contribution in [2.45, 2.75) is 93.2 Å². The number of ether oxygens (including phenoxy) is 5. The summed E-state index contributed by atoms with van der Waals surface area (Å²) in [4.78, 5) is 31.2. The van der Waals surface area contributed by atoms with Crippen molar-refractivity contribution in [1.29, 1.82) is 0 Å². The molecule has 3 fully saturated rings. The topological polar surface area (TPSA) is 276 Å². The number of aliphatic hydroxyl groups is 2. The first-order chi connectivity index (χ1) is 32.0. The van der Waals surface area contributed by atoms with Crippen LogP contribution in [0.3, 0.4) is 0 Å². The number of ketones is 1. The standard InChI is InChI=1S/C37H57B3N3O21P3/c1-5-12-52-13-7-37(47)43-8-6-27(46)17-26(22-51-4)23-56-67(50,55-16-11-44)64-30-20-36(40)61-33(30)25-58-66(49,54-15-10-42-3)63-29-19-35(39)60-32(29)24-57-65(48,53-14-9-41-2)62-28-18-34(38)59-31(28)21-45/h1,26,28-36,44-45H,6-25H2,4H3,(H,43,47)/t26?,28-,29-,30-,31-,32-,33-,34-,35-,36-,65?,66?,67?/m1/s1. The third-order valence-electron chi connectivity index (χ3n) is 9.47. The molecule has 3 saturated heterocycles. The number of nitrogens with zero attached hydrogens (tertiary/aromatic N) is 2.